The quantitative estimate of drug-likeness (QED) is 0.505. The standard InChI is InChI=1S/C21H35FO2/c1-20(2,3)12-9-14-23-13-7-8-15-24-17-10-11-18(19(22)16-17)21(4,5)6/h10-11,16H,7-9,12-15H2,1-6H3. The number of ether oxygens (including phenoxy) is 2. The Morgan fingerprint density at radius 2 is 1.50 bits per heavy atom. The van der Waals surface area contributed by atoms with Gasteiger partial charge in [-0.05, 0) is 48.1 Å². The monoisotopic (exact) mass is 338 g/mol. The van der Waals surface area contributed by atoms with Crippen LogP contribution in [0, 0.1) is 11.2 Å². The van der Waals surface area contributed by atoms with Gasteiger partial charge < -0.3 is 9.47 Å². The van der Waals surface area contributed by atoms with Crippen LogP contribution in [0.3, 0.4) is 0 Å². The molecule has 0 aliphatic heterocycles. The second-order valence-electron chi connectivity index (χ2n) is 8.72. The van der Waals surface area contributed by atoms with Gasteiger partial charge in [0.2, 0.25) is 0 Å². The lowest BCUT2D eigenvalue weighted by atomic mass is 9.87. The highest BCUT2D eigenvalue weighted by atomic mass is 19.1. The Hall–Kier alpha value is -1.09. The van der Waals surface area contributed by atoms with Crippen molar-refractivity contribution in [2.75, 3.05) is 19.8 Å². The van der Waals surface area contributed by atoms with Crippen molar-refractivity contribution in [1.29, 1.82) is 0 Å². The molecule has 0 radical (unpaired) electrons. The fourth-order valence-electron chi connectivity index (χ4n) is 2.50. The first-order chi connectivity index (χ1) is 11.1. The zero-order chi connectivity index (χ0) is 18.2. The predicted octanol–water partition coefficient (Wildman–Crippen LogP) is 6.13. The largest absolute Gasteiger partial charge is 0.493 e. The fraction of sp³-hybridized carbons (Fsp3) is 0.714. The van der Waals surface area contributed by atoms with Crippen LogP contribution in [0.1, 0.15) is 72.8 Å². The Bertz CT molecular complexity index is 484. The van der Waals surface area contributed by atoms with Gasteiger partial charge in [-0.2, -0.15) is 0 Å². The van der Waals surface area contributed by atoms with Gasteiger partial charge in [0.05, 0.1) is 6.61 Å². The van der Waals surface area contributed by atoms with E-state index in [4.69, 9.17) is 9.47 Å². The van der Waals surface area contributed by atoms with Crippen LogP contribution in [0.25, 0.3) is 0 Å². The van der Waals surface area contributed by atoms with Crippen LogP contribution in [0.15, 0.2) is 18.2 Å². The number of unbranched alkanes of at least 4 members (excludes halogenated alkanes) is 1. The van der Waals surface area contributed by atoms with Crippen LogP contribution in [0.4, 0.5) is 4.39 Å². The highest BCUT2D eigenvalue weighted by molar-refractivity contribution is 5.32. The Morgan fingerprint density at radius 3 is 2.08 bits per heavy atom. The van der Waals surface area contributed by atoms with Crippen molar-refractivity contribution >= 4 is 0 Å². The molecule has 0 spiro atoms. The first-order valence-electron chi connectivity index (χ1n) is 9.10. The summed E-state index contributed by atoms with van der Waals surface area (Å²) in [6.07, 6.45) is 4.19. The van der Waals surface area contributed by atoms with Crippen LogP contribution in [0.2, 0.25) is 0 Å². The van der Waals surface area contributed by atoms with Crippen molar-refractivity contribution in [2.24, 2.45) is 5.41 Å². The number of benzene rings is 1. The van der Waals surface area contributed by atoms with Gasteiger partial charge in [-0.3, -0.25) is 0 Å². The van der Waals surface area contributed by atoms with Crippen LogP contribution in [-0.2, 0) is 10.2 Å². The summed E-state index contributed by atoms with van der Waals surface area (Å²) < 4.78 is 25.3. The smallest absolute Gasteiger partial charge is 0.130 e. The van der Waals surface area contributed by atoms with Gasteiger partial charge in [0.1, 0.15) is 11.6 Å². The normalized spacial score (nSPS) is 12.5. The van der Waals surface area contributed by atoms with Crippen molar-refractivity contribution in [2.45, 2.75) is 72.6 Å². The Balaban J connectivity index is 2.15. The molecule has 0 saturated heterocycles. The maximum Gasteiger partial charge on any atom is 0.130 e. The molecule has 0 aliphatic rings. The van der Waals surface area contributed by atoms with Crippen molar-refractivity contribution in [1.82, 2.24) is 0 Å². The van der Waals surface area contributed by atoms with Crippen LogP contribution < -0.4 is 4.74 Å². The first-order valence-corrected chi connectivity index (χ1v) is 9.10. The summed E-state index contributed by atoms with van der Waals surface area (Å²) in [6.45, 7) is 15.0. The van der Waals surface area contributed by atoms with Crippen LogP contribution in [-0.4, -0.2) is 19.8 Å². The zero-order valence-corrected chi connectivity index (χ0v) is 16.4. The molecule has 0 saturated carbocycles. The third-order valence-electron chi connectivity index (χ3n) is 3.92. The number of hydrogen-bond donors (Lipinski definition) is 0. The highest BCUT2D eigenvalue weighted by Crippen LogP contribution is 2.27. The molecule has 2 nitrogen and oxygen atoms in total. The van der Waals surface area contributed by atoms with E-state index in [-0.39, 0.29) is 11.2 Å². The molecule has 1 aromatic carbocycles. The van der Waals surface area contributed by atoms with E-state index in [0.717, 1.165) is 38.0 Å². The molecule has 0 aromatic heterocycles. The lowest BCUT2D eigenvalue weighted by Crippen LogP contribution is -2.13. The number of halogens is 1. The fourth-order valence-corrected chi connectivity index (χ4v) is 2.50. The van der Waals surface area contributed by atoms with Crippen LogP contribution >= 0.6 is 0 Å². The van der Waals surface area contributed by atoms with Crippen molar-refractivity contribution in [3.8, 4) is 5.75 Å². The summed E-state index contributed by atoms with van der Waals surface area (Å²) in [5, 5.41) is 0. The Morgan fingerprint density at radius 1 is 0.875 bits per heavy atom. The Kier molecular flexibility index (Phi) is 8.21. The second kappa shape index (κ2) is 9.41. The van der Waals surface area contributed by atoms with Gasteiger partial charge in [-0.25, -0.2) is 4.39 Å². The summed E-state index contributed by atoms with van der Waals surface area (Å²) >= 11 is 0. The molecule has 1 rings (SSSR count). The topological polar surface area (TPSA) is 18.5 Å². The van der Waals surface area contributed by atoms with Gasteiger partial charge in [0, 0.05) is 19.3 Å². The molecule has 24 heavy (non-hydrogen) atoms. The summed E-state index contributed by atoms with van der Waals surface area (Å²) in [5.74, 6) is 0.411. The molecule has 1 aromatic rings. The van der Waals surface area contributed by atoms with E-state index in [1.54, 1.807) is 0 Å². The van der Waals surface area contributed by atoms with Crippen molar-refractivity contribution in [3.63, 3.8) is 0 Å². The minimum absolute atomic E-state index is 0.188. The minimum Gasteiger partial charge on any atom is -0.493 e. The average Bonchev–Trinajstić information content (AvgIpc) is 2.43. The van der Waals surface area contributed by atoms with Gasteiger partial charge in [0.25, 0.3) is 0 Å². The molecular formula is C21H35FO2. The molecule has 0 amide bonds. The van der Waals surface area contributed by atoms with E-state index in [1.807, 2.05) is 32.9 Å². The Labute approximate surface area is 147 Å². The van der Waals surface area contributed by atoms with Gasteiger partial charge in [0.15, 0.2) is 0 Å². The molecule has 0 atom stereocenters. The first kappa shape index (κ1) is 21.0. The molecule has 0 aliphatic carbocycles. The molecule has 0 heterocycles. The summed E-state index contributed by atoms with van der Waals surface area (Å²) in [4.78, 5) is 0. The molecule has 0 N–H and O–H groups in total. The molecule has 0 bridgehead atoms. The third kappa shape index (κ3) is 8.68. The van der Waals surface area contributed by atoms with E-state index >= 15 is 0 Å². The maximum absolute atomic E-state index is 14.1. The van der Waals surface area contributed by atoms with Crippen LogP contribution in [0.5, 0.6) is 5.75 Å². The average molecular weight is 339 g/mol. The minimum atomic E-state index is -0.192. The lowest BCUT2D eigenvalue weighted by molar-refractivity contribution is 0.116. The molecule has 3 heteroatoms. The van der Waals surface area contributed by atoms with E-state index in [2.05, 4.69) is 20.8 Å². The summed E-state index contributed by atoms with van der Waals surface area (Å²) in [5.41, 5.74) is 0.917. The molecule has 0 fully saturated rings. The SMILES string of the molecule is CC(C)(C)CCCOCCCCOc1ccc(C(C)(C)C)c(F)c1. The van der Waals surface area contributed by atoms with Gasteiger partial charge >= 0.3 is 0 Å². The maximum atomic E-state index is 14.1. The van der Waals surface area contributed by atoms with Gasteiger partial charge in [-0.15, -0.1) is 0 Å². The third-order valence-corrected chi connectivity index (χ3v) is 3.92. The molecule has 0 unspecified atom stereocenters. The summed E-state index contributed by atoms with van der Waals surface area (Å²) in [7, 11) is 0. The molecule has 138 valence electrons. The molecular weight excluding hydrogens is 303 g/mol. The highest BCUT2D eigenvalue weighted by Gasteiger charge is 2.18. The van der Waals surface area contributed by atoms with Crippen molar-refractivity contribution in [3.05, 3.63) is 29.6 Å². The van der Waals surface area contributed by atoms with E-state index < -0.39 is 0 Å². The summed E-state index contributed by atoms with van der Waals surface area (Å²) in [6, 6.07) is 5.17. The second-order valence-corrected chi connectivity index (χ2v) is 8.72. The van der Waals surface area contributed by atoms with E-state index in [9.17, 15) is 4.39 Å². The number of hydrogen-bond acceptors (Lipinski definition) is 2. The van der Waals surface area contributed by atoms with Gasteiger partial charge in [-0.1, -0.05) is 47.6 Å². The predicted molar refractivity (Wildman–Crippen MR) is 99.3 cm³/mol. The lowest BCUT2D eigenvalue weighted by Gasteiger charge is -2.20. The van der Waals surface area contributed by atoms with E-state index in [0.29, 0.717) is 17.8 Å². The van der Waals surface area contributed by atoms with E-state index in [1.165, 1.54) is 12.5 Å². The zero-order valence-electron chi connectivity index (χ0n) is 16.4. The number of rotatable bonds is 9. The van der Waals surface area contributed by atoms with Crippen molar-refractivity contribution < 1.29 is 13.9 Å².